The van der Waals surface area contributed by atoms with E-state index in [9.17, 15) is 18.4 Å². The summed E-state index contributed by atoms with van der Waals surface area (Å²) < 4.78 is 33.5. The van der Waals surface area contributed by atoms with Crippen LogP contribution in [0.15, 0.2) is 35.0 Å². The van der Waals surface area contributed by atoms with E-state index >= 15 is 0 Å². The molecule has 3 amide bonds. The number of benzene rings is 1. The molecule has 0 saturated heterocycles. The molecule has 2 heterocycles. The number of rotatable bonds is 5. The highest BCUT2D eigenvalue weighted by Crippen LogP contribution is 2.30. The second-order valence-electron chi connectivity index (χ2n) is 6.96. The van der Waals surface area contributed by atoms with Crippen LogP contribution in [-0.2, 0) is 6.42 Å². The van der Waals surface area contributed by atoms with Gasteiger partial charge in [0, 0.05) is 22.8 Å². The number of amides is 3. The fraction of sp³-hybridized carbons (Fsp3) is 0.238. The molecule has 3 aromatic rings. The molecule has 168 valence electrons. The molecule has 1 atom stereocenters. The van der Waals surface area contributed by atoms with Crippen LogP contribution in [0, 0.1) is 18.6 Å². The summed E-state index contributed by atoms with van der Waals surface area (Å²) in [6.45, 7) is 4.92. The average Bonchev–Trinajstić information content (AvgIpc) is 3.23. The molecule has 2 aromatic heterocycles. The highest BCUT2D eigenvalue weighted by Gasteiger charge is 2.19. The highest BCUT2D eigenvalue weighted by atomic mass is 35.5. The molecule has 3 rings (SSSR count). The number of halogens is 3. The van der Waals surface area contributed by atoms with Gasteiger partial charge in [0.05, 0.1) is 17.4 Å². The van der Waals surface area contributed by atoms with Gasteiger partial charge in [0.25, 0.3) is 0 Å². The van der Waals surface area contributed by atoms with Crippen molar-refractivity contribution in [1.82, 2.24) is 26.3 Å². The first-order valence-electron chi connectivity index (χ1n) is 9.63. The van der Waals surface area contributed by atoms with Gasteiger partial charge in [0.15, 0.2) is 0 Å². The largest absolute Gasteiger partial charge is 0.351 e. The topological polar surface area (TPSA) is 109 Å². The average molecular weight is 464 g/mol. The molecule has 0 aliphatic rings. The molecular formula is C21H20ClF2N5O3. The molecule has 8 nitrogen and oxygen atoms in total. The normalized spacial score (nSPS) is 11.7. The number of hydrogen-bond acceptors (Lipinski definition) is 5. The summed E-state index contributed by atoms with van der Waals surface area (Å²) in [5.74, 6) is -1.97. The molecule has 0 spiro atoms. The van der Waals surface area contributed by atoms with Gasteiger partial charge in [-0.25, -0.2) is 19.0 Å². The van der Waals surface area contributed by atoms with Gasteiger partial charge < -0.3 is 9.84 Å². The summed E-state index contributed by atoms with van der Waals surface area (Å²) in [4.78, 5) is 28.1. The van der Waals surface area contributed by atoms with Crippen molar-refractivity contribution in [1.29, 1.82) is 0 Å². The quantitative estimate of drug-likeness (QED) is 0.490. The van der Waals surface area contributed by atoms with Gasteiger partial charge in [0.1, 0.15) is 11.6 Å². The Morgan fingerprint density at radius 3 is 2.56 bits per heavy atom. The van der Waals surface area contributed by atoms with Crippen LogP contribution >= 0.6 is 11.6 Å². The highest BCUT2D eigenvalue weighted by molar-refractivity contribution is 6.30. The van der Waals surface area contributed by atoms with Crippen molar-refractivity contribution in [3.8, 4) is 11.1 Å². The fourth-order valence-corrected chi connectivity index (χ4v) is 3.13. The molecule has 0 fully saturated rings. The fourth-order valence-electron chi connectivity index (χ4n) is 2.92. The zero-order valence-corrected chi connectivity index (χ0v) is 18.2. The van der Waals surface area contributed by atoms with Crippen molar-refractivity contribution in [3.63, 3.8) is 0 Å². The predicted molar refractivity (Wildman–Crippen MR) is 113 cm³/mol. The first-order chi connectivity index (χ1) is 15.2. The van der Waals surface area contributed by atoms with Crippen molar-refractivity contribution in [2.75, 3.05) is 0 Å². The summed E-state index contributed by atoms with van der Waals surface area (Å²) in [5, 5.41) is 6.32. The number of nitrogens with one attached hydrogen (secondary N) is 3. The first-order valence-corrected chi connectivity index (χ1v) is 10.0. The van der Waals surface area contributed by atoms with Gasteiger partial charge in [-0.1, -0.05) is 23.7 Å². The number of urea groups is 1. The molecule has 0 bridgehead atoms. The second-order valence-corrected chi connectivity index (χ2v) is 7.40. The maximum atomic E-state index is 14.7. The van der Waals surface area contributed by atoms with E-state index in [4.69, 9.17) is 16.1 Å². The lowest BCUT2D eigenvalue weighted by Crippen LogP contribution is -2.47. The Bertz CT molecular complexity index is 1170. The molecule has 3 N–H and O–H groups in total. The van der Waals surface area contributed by atoms with Crippen LogP contribution in [0.4, 0.5) is 13.6 Å². The van der Waals surface area contributed by atoms with E-state index in [1.807, 2.05) is 6.92 Å². The van der Waals surface area contributed by atoms with Crippen LogP contribution in [0.2, 0.25) is 5.02 Å². The number of carbonyl (C=O) groups is 2. The molecule has 0 radical (unpaired) electrons. The van der Waals surface area contributed by atoms with E-state index < -0.39 is 29.6 Å². The summed E-state index contributed by atoms with van der Waals surface area (Å²) in [5.41, 5.74) is 5.91. The van der Waals surface area contributed by atoms with Crippen LogP contribution in [0.1, 0.15) is 47.4 Å². The second kappa shape index (κ2) is 9.73. The van der Waals surface area contributed by atoms with Crippen LogP contribution < -0.4 is 16.2 Å². The summed E-state index contributed by atoms with van der Waals surface area (Å²) in [7, 11) is 0. The van der Waals surface area contributed by atoms with E-state index in [1.54, 1.807) is 6.92 Å². The third kappa shape index (κ3) is 5.20. The minimum atomic E-state index is -0.838. The van der Waals surface area contributed by atoms with E-state index in [1.165, 1.54) is 37.4 Å². The molecule has 0 unspecified atom stereocenters. The lowest BCUT2D eigenvalue weighted by Gasteiger charge is -2.16. The van der Waals surface area contributed by atoms with Gasteiger partial charge in [-0.05, 0) is 49.6 Å². The minimum Gasteiger partial charge on any atom is -0.351 e. The Balaban J connectivity index is 1.64. The van der Waals surface area contributed by atoms with Gasteiger partial charge >= 0.3 is 11.9 Å². The molecule has 0 aliphatic heterocycles. The van der Waals surface area contributed by atoms with Crippen molar-refractivity contribution >= 4 is 23.5 Å². The SMILES string of the molecule is CCc1cc(C(=O)NNC(=O)N[C@H](C)c2ncc(-c3cc(Cl)cc(F)c3C)cc2F)on1. The van der Waals surface area contributed by atoms with E-state index in [2.05, 4.69) is 26.3 Å². The molecular weight excluding hydrogens is 444 g/mol. The van der Waals surface area contributed by atoms with Crippen molar-refractivity contribution < 1.29 is 22.9 Å². The van der Waals surface area contributed by atoms with Crippen LogP contribution in [0.25, 0.3) is 11.1 Å². The minimum absolute atomic E-state index is 0.0433. The van der Waals surface area contributed by atoms with Gasteiger partial charge in [-0.15, -0.1) is 0 Å². The molecule has 11 heteroatoms. The Hall–Kier alpha value is -3.53. The van der Waals surface area contributed by atoms with Gasteiger partial charge in [0.2, 0.25) is 5.76 Å². The van der Waals surface area contributed by atoms with Crippen molar-refractivity contribution in [2.24, 2.45) is 0 Å². The Morgan fingerprint density at radius 2 is 1.91 bits per heavy atom. The van der Waals surface area contributed by atoms with E-state index in [0.29, 0.717) is 28.8 Å². The Labute approximate surface area is 187 Å². The van der Waals surface area contributed by atoms with Gasteiger partial charge in [-0.3, -0.25) is 15.2 Å². The number of hydrazine groups is 1. The standard InChI is InChI=1S/C21H20ClF2N5O3/c1-4-14-8-18(32-29-14)20(30)27-28-21(31)26-11(3)19-17(24)5-12(9-25-19)15-6-13(22)7-16(23)10(15)2/h5-9,11H,4H2,1-3H3,(H,27,30)(H2,26,28,31)/t11-/m1/s1. The Kier molecular flexibility index (Phi) is 7.04. The zero-order chi connectivity index (χ0) is 23.4. The number of nitrogens with zero attached hydrogens (tertiary/aromatic N) is 2. The zero-order valence-electron chi connectivity index (χ0n) is 17.4. The lowest BCUT2D eigenvalue weighted by molar-refractivity contribution is 0.0898. The number of carbonyl (C=O) groups excluding carboxylic acids is 2. The summed E-state index contributed by atoms with van der Waals surface area (Å²) in [6, 6.07) is 3.70. The predicted octanol–water partition coefficient (Wildman–Crippen LogP) is 4.24. The van der Waals surface area contributed by atoms with Crippen molar-refractivity contribution in [3.05, 3.63) is 69.8 Å². The number of aryl methyl sites for hydroxylation is 1. The smallest absolute Gasteiger partial charge is 0.334 e. The maximum Gasteiger partial charge on any atom is 0.334 e. The third-order valence-corrected chi connectivity index (χ3v) is 4.90. The third-order valence-electron chi connectivity index (χ3n) is 4.68. The molecule has 1 aromatic carbocycles. The first kappa shape index (κ1) is 23.1. The summed E-state index contributed by atoms with van der Waals surface area (Å²) in [6.07, 6.45) is 1.95. The Morgan fingerprint density at radius 1 is 1.16 bits per heavy atom. The maximum absolute atomic E-state index is 14.7. The summed E-state index contributed by atoms with van der Waals surface area (Å²) >= 11 is 5.90. The lowest BCUT2D eigenvalue weighted by atomic mass is 10.0. The monoisotopic (exact) mass is 463 g/mol. The van der Waals surface area contributed by atoms with E-state index in [-0.39, 0.29) is 16.5 Å². The number of hydrogen-bond donors (Lipinski definition) is 3. The van der Waals surface area contributed by atoms with E-state index in [0.717, 1.165) is 0 Å². The molecule has 32 heavy (non-hydrogen) atoms. The van der Waals surface area contributed by atoms with Gasteiger partial charge in [-0.2, -0.15) is 0 Å². The van der Waals surface area contributed by atoms with Crippen LogP contribution in [0.5, 0.6) is 0 Å². The number of aromatic nitrogens is 2. The van der Waals surface area contributed by atoms with Crippen LogP contribution in [0.3, 0.4) is 0 Å². The molecule has 0 saturated carbocycles. The van der Waals surface area contributed by atoms with Crippen LogP contribution in [-0.4, -0.2) is 22.1 Å². The number of pyridine rings is 1. The molecule has 0 aliphatic carbocycles. The van der Waals surface area contributed by atoms with Crippen molar-refractivity contribution in [2.45, 2.75) is 33.2 Å².